The van der Waals surface area contributed by atoms with Gasteiger partial charge in [0, 0.05) is 70.7 Å². The molecule has 0 saturated heterocycles. The minimum Gasteiger partial charge on any atom is -0.493 e. The fourth-order valence-electron chi connectivity index (χ4n) is 14.3. The third kappa shape index (κ3) is 13.1. The number of aryl methyl sites for hydroxylation is 8. The molecule has 4 aromatic heterocycles. The van der Waals surface area contributed by atoms with E-state index in [1.807, 2.05) is 0 Å². The van der Waals surface area contributed by atoms with E-state index in [0.717, 1.165) is 228 Å². The molecule has 1 aliphatic rings. The SMILES string of the molecule is CCCOc1c2cc(-c3ccc(-c4c(C)n[nH]c4C)cc3)cc1Cc1cc(-c3ccc(-c4c(C)n[nH]c4C)cc3)cc(c1OCCC)Cc1cc(-c3ccc(-c4c(C)n[nH]c4C)cc3)cc(c1OCCC)Cc1cc(-c3ccc(-c4c(C)n[nH]c4C)cc3)cc(c1OCCC)C2. The number of ether oxygens (including phenoxy) is 4. The van der Waals surface area contributed by atoms with Gasteiger partial charge in [0.2, 0.25) is 0 Å². The van der Waals surface area contributed by atoms with Gasteiger partial charge < -0.3 is 18.9 Å². The first-order chi connectivity index (χ1) is 46.7. The molecule has 13 rings (SSSR count). The summed E-state index contributed by atoms with van der Waals surface area (Å²) >= 11 is 0. The second-order valence-electron chi connectivity index (χ2n) is 26.1. The molecule has 0 fully saturated rings. The molecular weight excluding hydrogens is 1180 g/mol. The van der Waals surface area contributed by atoms with Crippen LogP contribution in [-0.2, 0) is 25.7 Å². The van der Waals surface area contributed by atoms with Gasteiger partial charge in [0.1, 0.15) is 23.0 Å². The number of H-pyrrole nitrogens is 4. The maximum Gasteiger partial charge on any atom is 0.126 e. The highest BCUT2D eigenvalue weighted by atomic mass is 16.5. The van der Waals surface area contributed by atoms with Crippen molar-refractivity contribution in [2.75, 3.05) is 26.4 Å². The average Bonchev–Trinajstić information content (AvgIpc) is 1.00. The quantitative estimate of drug-likeness (QED) is 0.0589. The van der Waals surface area contributed by atoms with Crippen molar-refractivity contribution in [3.63, 3.8) is 0 Å². The highest BCUT2D eigenvalue weighted by Crippen LogP contribution is 2.46. The van der Waals surface area contributed by atoms with E-state index >= 15 is 0 Å². The van der Waals surface area contributed by atoms with Gasteiger partial charge in [-0.2, -0.15) is 20.4 Å². The Kier molecular flexibility index (Phi) is 18.8. The van der Waals surface area contributed by atoms with E-state index < -0.39 is 0 Å². The lowest BCUT2D eigenvalue weighted by Crippen LogP contribution is -2.11. The molecule has 4 N–H and O–H groups in total. The van der Waals surface area contributed by atoms with E-state index in [1.165, 1.54) is 0 Å². The summed E-state index contributed by atoms with van der Waals surface area (Å²) in [5.74, 6) is 3.54. The molecule has 1 aliphatic carbocycles. The van der Waals surface area contributed by atoms with Crippen LogP contribution in [0.15, 0.2) is 146 Å². The van der Waals surface area contributed by atoms with Gasteiger partial charge in [-0.25, -0.2) is 0 Å². The van der Waals surface area contributed by atoms with Crippen LogP contribution < -0.4 is 18.9 Å². The Balaban J connectivity index is 1.09. The minimum absolute atomic E-state index is 0.523. The number of aromatic amines is 4. The molecule has 0 spiro atoms. The summed E-state index contributed by atoms with van der Waals surface area (Å²) in [6, 6.07) is 54.9. The first kappa shape index (κ1) is 64.5. The largest absolute Gasteiger partial charge is 0.493 e. The van der Waals surface area contributed by atoms with E-state index in [-0.39, 0.29) is 0 Å². The Hall–Kier alpha value is -10.2. The number of nitrogens with one attached hydrogen (secondary N) is 4. The topological polar surface area (TPSA) is 152 Å². The molecule has 96 heavy (non-hydrogen) atoms. The zero-order valence-corrected chi connectivity index (χ0v) is 57.8. The first-order valence-electron chi connectivity index (χ1n) is 34.3. The van der Waals surface area contributed by atoms with Gasteiger partial charge in [-0.05, 0) is 241 Å². The normalized spacial score (nSPS) is 12.1. The molecule has 0 atom stereocenters. The summed E-state index contributed by atoms with van der Waals surface area (Å²) in [5, 5.41) is 31.1. The Bertz CT molecular complexity index is 4000. The zero-order valence-electron chi connectivity index (χ0n) is 57.8. The van der Waals surface area contributed by atoms with Gasteiger partial charge >= 0.3 is 0 Å². The Labute approximate surface area is 565 Å². The van der Waals surface area contributed by atoms with Crippen LogP contribution in [0.1, 0.15) is 143 Å². The number of rotatable bonds is 20. The van der Waals surface area contributed by atoms with E-state index in [0.29, 0.717) is 52.1 Å². The average molecular weight is 1270 g/mol. The number of fused-ring (bicyclic) bond motifs is 8. The molecule has 12 heteroatoms. The molecule has 0 radical (unpaired) electrons. The molecule has 12 nitrogen and oxygen atoms in total. The van der Waals surface area contributed by atoms with Crippen LogP contribution in [0.5, 0.6) is 23.0 Å². The van der Waals surface area contributed by atoms with Crippen LogP contribution in [0.2, 0.25) is 0 Å². The van der Waals surface area contributed by atoms with Crippen molar-refractivity contribution < 1.29 is 18.9 Å². The molecular formula is C84H88N8O4. The van der Waals surface area contributed by atoms with Crippen molar-refractivity contribution in [3.8, 4) is 112 Å². The monoisotopic (exact) mass is 1270 g/mol. The fourth-order valence-corrected chi connectivity index (χ4v) is 14.3. The highest BCUT2D eigenvalue weighted by Gasteiger charge is 2.27. The predicted molar refractivity (Wildman–Crippen MR) is 390 cm³/mol. The van der Waals surface area contributed by atoms with Gasteiger partial charge in [-0.1, -0.05) is 125 Å². The summed E-state index contributed by atoms with van der Waals surface area (Å²) in [6.45, 7) is 27.5. The lowest BCUT2D eigenvalue weighted by Gasteiger charge is -2.25. The second-order valence-corrected chi connectivity index (χ2v) is 26.1. The lowest BCUT2D eigenvalue weighted by molar-refractivity contribution is 0.304. The lowest BCUT2D eigenvalue weighted by atomic mass is 9.86. The molecule has 8 bridgehead atoms. The van der Waals surface area contributed by atoms with Crippen molar-refractivity contribution >= 4 is 0 Å². The minimum atomic E-state index is 0.523. The number of hydrogen-bond donors (Lipinski definition) is 4. The first-order valence-corrected chi connectivity index (χ1v) is 34.3. The Morgan fingerprint density at radius 3 is 0.562 bits per heavy atom. The zero-order chi connectivity index (χ0) is 66.7. The predicted octanol–water partition coefficient (Wildman–Crippen LogP) is 20.2. The van der Waals surface area contributed by atoms with Gasteiger partial charge in [-0.15, -0.1) is 0 Å². The number of hydrogen-bond acceptors (Lipinski definition) is 8. The number of nitrogens with zero attached hydrogens (tertiary/aromatic N) is 4. The molecule has 0 saturated carbocycles. The summed E-state index contributed by atoms with van der Waals surface area (Å²) in [4.78, 5) is 0. The van der Waals surface area contributed by atoms with E-state index in [1.54, 1.807) is 0 Å². The van der Waals surface area contributed by atoms with Gasteiger partial charge in [0.05, 0.1) is 49.2 Å². The molecule has 12 aromatic rings. The second kappa shape index (κ2) is 28.0. The standard InChI is InChI=1S/C84H88N8O4/c1-13-33-93-81-69-37-65(57-17-25-61(26-18-57)77-49(5)85-86-50(77)6)38-70(81)46-72-40-67(59-21-29-63(30-22-59)79-53(9)89-90-54(79)10)42-74(83(72)95-35-15-3)48-76-44-68(60-23-31-64(32-24-60)80-55(11)91-92-56(80)12)43-75(84(76)96-36-16-4)47-73-41-66(39-71(45-69)82(73)94-34-14-2)58-19-27-62(28-20-58)78-51(7)87-88-52(78)8/h17-32,37-44H,13-16,33-36,45-48H2,1-12H3,(H,85,86)(H,87,88)(H,89,90)(H,91,92). The van der Waals surface area contributed by atoms with Gasteiger partial charge in [0.25, 0.3) is 0 Å². The van der Waals surface area contributed by atoms with Crippen LogP contribution in [-0.4, -0.2) is 67.2 Å². The van der Waals surface area contributed by atoms with Crippen molar-refractivity contribution in [1.29, 1.82) is 0 Å². The van der Waals surface area contributed by atoms with Crippen LogP contribution >= 0.6 is 0 Å². The third-order valence-electron chi connectivity index (χ3n) is 18.8. The van der Waals surface area contributed by atoms with Crippen LogP contribution in [0.25, 0.3) is 89.0 Å². The summed E-state index contributed by atoms with van der Waals surface area (Å²) in [7, 11) is 0. The van der Waals surface area contributed by atoms with Gasteiger partial charge in [-0.3, -0.25) is 20.4 Å². The number of aromatic nitrogens is 8. The maximum atomic E-state index is 7.25. The molecule has 4 heterocycles. The summed E-state index contributed by atoms with van der Waals surface area (Å²) in [6.07, 6.45) is 5.43. The van der Waals surface area contributed by atoms with Crippen LogP contribution in [0.4, 0.5) is 0 Å². The fraction of sp³-hybridized carbons (Fsp3) is 0.286. The molecule has 0 amide bonds. The van der Waals surface area contributed by atoms with E-state index in [9.17, 15) is 0 Å². The molecule has 488 valence electrons. The van der Waals surface area contributed by atoms with Crippen LogP contribution in [0.3, 0.4) is 0 Å². The Morgan fingerprint density at radius 2 is 0.417 bits per heavy atom. The van der Waals surface area contributed by atoms with E-state index in [4.69, 9.17) is 18.9 Å². The molecule has 0 unspecified atom stereocenters. The number of benzene rings is 8. The van der Waals surface area contributed by atoms with Crippen molar-refractivity contribution in [2.24, 2.45) is 0 Å². The van der Waals surface area contributed by atoms with Gasteiger partial charge in [0.15, 0.2) is 0 Å². The molecule has 8 aromatic carbocycles. The van der Waals surface area contributed by atoms with Crippen molar-refractivity contribution in [2.45, 2.75) is 134 Å². The summed E-state index contributed by atoms with van der Waals surface area (Å²) < 4.78 is 29.0. The van der Waals surface area contributed by atoms with Crippen molar-refractivity contribution in [3.05, 3.63) is 236 Å². The van der Waals surface area contributed by atoms with Crippen molar-refractivity contribution in [1.82, 2.24) is 40.8 Å². The molecule has 0 aliphatic heterocycles. The maximum absolute atomic E-state index is 7.25. The highest BCUT2D eigenvalue weighted by molar-refractivity contribution is 5.80. The third-order valence-corrected chi connectivity index (χ3v) is 18.8. The Morgan fingerprint density at radius 1 is 0.250 bits per heavy atom. The van der Waals surface area contributed by atoms with Crippen LogP contribution in [0, 0.1) is 55.4 Å². The summed E-state index contributed by atoms with van der Waals surface area (Å²) in [5.41, 5.74) is 34.5. The smallest absolute Gasteiger partial charge is 0.126 e. The van der Waals surface area contributed by atoms with E-state index in [2.05, 4.69) is 269 Å².